The second-order valence-corrected chi connectivity index (χ2v) is 14.3. The lowest BCUT2D eigenvalue weighted by Crippen LogP contribution is -2.00. The van der Waals surface area contributed by atoms with Crippen LogP contribution in [0.1, 0.15) is 0 Å². The van der Waals surface area contributed by atoms with E-state index in [1.165, 1.54) is 0 Å². The maximum absolute atomic E-state index is 6.58. The number of fused-ring (bicyclic) bond motifs is 9. The Hall–Kier alpha value is -7.83. The van der Waals surface area contributed by atoms with Gasteiger partial charge in [-0.25, -0.2) is 15.0 Å². The molecule has 0 amide bonds. The van der Waals surface area contributed by atoms with Crippen molar-refractivity contribution in [2.24, 2.45) is 0 Å². The van der Waals surface area contributed by atoms with Crippen LogP contribution in [0.2, 0.25) is 0 Å². The van der Waals surface area contributed by atoms with E-state index in [1.54, 1.807) is 0 Å². The largest absolute Gasteiger partial charge is 0.456 e. The molecule has 6 heteroatoms. The molecule has 0 fully saturated rings. The molecule has 8 aromatic carbocycles. The van der Waals surface area contributed by atoms with E-state index in [1.807, 2.05) is 91.0 Å². The zero-order chi connectivity index (χ0) is 37.5. The van der Waals surface area contributed by atoms with Gasteiger partial charge in [-0.3, -0.25) is 0 Å². The highest BCUT2D eigenvalue weighted by atomic mass is 16.3. The minimum Gasteiger partial charge on any atom is -0.456 e. The summed E-state index contributed by atoms with van der Waals surface area (Å²) in [6, 6.07) is 59.8. The van der Waals surface area contributed by atoms with Gasteiger partial charge in [0.1, 0.15) is 33.5 Å². The first-order valence-electron chi connectivity index (χ1n) is 18.9. The summed E-state index contributed by atoms with van der Waals surface area (Å²) in [5, 5.41) is 6.10. The summed E-state index contributed by atoms with van der Waals surface area (Å²) < 4.78 is 19.5. The van der Waals surface area contributed by atoms with Gasteiger partial charge in [-0.05, 0) is 59.2 Å². The molecule has 0 bridgehead atoms. The topological polar surface area (TPSA) is 78.1 Å². The van der Waals surface area contributed by atoms with Gasteiger partial charge in [-0.1, -0.05) is 133 Å². The zero-order valence-corrected chi connectivity index (χ0v) is 30.3. The molecule has 4 aromatic heterocycles. The minimum atomic E-state index is 0.528. The molecule has 12 aromatic rings. The van der Waals surface area contributed by atoms with Crippen LogP contribution in [0.25, 0.3) is 122 Å². The summed E-state index contributed by atoms with van der Waals surface area (Å²) in [6.45, 7) is 0. The number of furan rings is 3. The lowest BCUT2D eigenvalue weighted by atomic mass is 9.90. The number of benzene rings is 8. The molecule has 0 saturated heterocycles. The molecule has 57 heavy (non-hydrogen) atoms. The van der Waals surface area contributed by atoms with Crippen LogP contribution in [0.3, 0.4) is 0 Å². The molecule has 266 valence electrons. The average molecular weight is 732 g/mol. The highest BCUT2D eigenvalue weighted by Crippen LogP contribution is 2.45. The number of para-hydroxylation sites is 3. The van der Waals surface area contributed by atoms with E-state index in [0.717, 1.165) is 105 Å². The molecular weight excluding hydrogens is 703 g/mol. The van der Waals surface area contributed by atoms with Crippen LogP contribution in [-0.4, -0.2) is 15.0 Å². The predicted molar refractivity (Wildman–Crippen MR) is 229 cm³/mol. The molecule has 0 aliphatic carbocycles. The van der Waals surface area contributed by atoms with Crippen molar-refractivity contribution in [3.05, 3.63) is 176 Å². The third-order valence-corrected chi connectivity index (χ3v) is 11.0. The predicted octanol–water partition coefficient (Wildman–Crippen LogP) is 13.9. The van der Waals surface area contributed by atoms with Gasteiger partial charge in [-0.15, -0.1) is 0 Å². The summed E-state index contributed by atoms with van der Waals surface area (Å²) in [7, 11) is 0. The van der Waals surface area contributed by atoms with E-state index in [-0.39, 0.29) is 0 Å². The van der Waals surface area contributed by atoms with Crippen molar-refractivity contribution in [1.29, 1.82) is 0 Å². The standard InChI is InChI=1S/C51H29N3O3/c1-3-13-30(14-4-1)33-26-28-44-47(36-18-8-10-23-41(36)55-44)45(33)32-25-27-42-39(29-32)46-37(20-12-24-43(46)56-42)50-52-49(31-15-5-2-6-16-31)53-51(54-50)38-21-11-19-35-34-17-7-9-22-40(34)57-48(35)38/h1-29H. The van der Waals surface area contributed by atoms with Gasteiger partial charge in [0.25, 0.3) is 0 Å². The van der Waals surface area contributed by atoms with Crippen molar-refractivity contribution < 1.29 is 13.3 Å². The molecule has 0 aliphatic heterocycles. The van der Waals surface area contributed by atoms with Crippen LogP contribution in [0, 0.1) is 0 Å². The van der Waals surface area contributed by atoms with Gasteiger partial charge in [0, 0.05) is 49.0 Å². The Labute approximate surface area is 325 Å². The van der Waals surface area contributed by atoms with E-state index < -0.39 is 0 Å². The van der Waals surface area contributed by atoms with Crippen molar-refractivity contribution in [3.63, 3.8) is 0 Å². The van der Waals surface area contributed by atoms with Crippen LogP contribution in [0.15, 0.2) is 189 Å². The fraction of sp³-hybridized carbons (Fsp3) is 0. The van der Waals surface area contributed by atoms with Gasteiger partial charge in [0.15, 0.2) is 17.5 Å². The monoisotopic (exact) mass is 731 g/mol. The number of aromatic nitrogens is 3. The Kier molecular flexibility index (Phi) is 6.83. The summed E-state index contributed by atoms with van der Waals surface area (Å²) in [6.07, 6.45) is 0. The van der Waals surface area contributed by atoms with Gasteiger partial charge >= 0.3 is 0 Å². The van der Waals surface area contributed by atoms with Gasteiger partial charge < -0.3 is 13.3 Å². The molecular formula is C51H29N3O3. The van der Waals surface area contributed by atoms with E-state index >= 15 is 0 Å². The number of hydrogen-bond acceptors (Lipinski definition) is 6. The summed E-state index contributed by atoms with van der Waals surface area (Å²) in [5.74, 6) is 1.64. The van der Waals surface area contributed by atoms with Gasteiger partial charge in [0.2, 0.25) is 0 Å². The van der Waals surface area contributed by atoms with Crippen LogP contribution < -0.4 is 0 Å². The second-order valence-electron chi connectivity index (χ2n) is 14.3. The molecule has 0 saturated carbocycles. The lowest BCUT2D eigenvalue weighted by Gasteiger charge is -2.13. The van der Waals surface area contributed by atoms with E-state index in [0.29, 0.717) is 17.5 Å². The maximum Gasteiger partial charge on any atom is 0.167 e. The highest BCUT2D eigenvalue weighted by Gasteiger charge is 2.22. The quantitative estimate of drug-likeness (QED) is 0.175. The Morgan fingerprint density at radius 2 is 0.860 bits per heavy atom. The summed E-state index contributed by atoms with van der Waals surface area (Å²) >= 11 is 0. The normalized spacial score (nSPS) is 11.9. The van der Waals surface area contributed by atoms with Crippen molar-refractivity contribution in [2.45, 2.75) is 0 Å². The summed E-state index contributed by atoms with van der Waals surface area (Å²) in [4.78, 5) is 15.5. The van der Waals surface area contributed by atoms with E-state index in [2.05, 4.69) is 84.9 Å². The van der Waals surface area contributed by atoms with Crippen molar-refractivity contribution >= 4 is 65.8 Å². The first-order chi connectivity index (χ1) is 28.2. The van der Waals surface area contributed by atoms with Crippen molar-refractivity contribution in [3.8, 4) is 56.4 Å². The Morgan fingerprint density at radius 3 is 1.67 bits per heavy atom. The van der Waals surface area contributed by atoms with Gasteiger partial charge in [-0.2, -0.15) is 0 Å². The molecule has 0 radical (unpaired) electrons. The first kappa shape index (κ1) is 31.5. The second kappa shape index (κ2) is 12.3. The Morgan fingerprint density at radius 1 is 0.298 bits per heavy atom. The number of rotatable bonds is 5. The third kappa shape index (κ3) is 4.94. The van der Waals surface area contributed by atoms with Crippen molar-refractivity contribution in [1.82, 2.24) is 15.0 Å². The molecule has 6 nitrogen and oxygen atoms in total. The lowest BCUT2D eigenvalue weighted by molar-refractivity contribution is 0.668. The average Bonchev–Trinajstić information content (AvgIpc) is 3.97. The number of hydrogen-bond donors (Lipinski definition) is 0. The third-order valence-electron chi connectivity index (χ3n) is 11.0. The Bertz CT molecular complexity index is 3530. The fourth-order valence-electron chi connectivity index (χ4n) is 8.40. The van der Waals surface area contributed by atoms with Crippen LogP contribution >= 0.6 is 0 Å². The van der Waals surface area contributed by atoms with E-state index in [4.69, 9.17) is 28.2 Å². The van der Waals surface area contributed by atoms with Crippen LogP contribution in [0.4, 0.5) is 0 Å². The Balaban J connectivity index is 1.12. The highest BCUT2D eigenvalue weighted by molar-refractivity contribution is 6.18. The SMILES string of the molecule is c1ccc(-c2nc(-c3cccc4c3oc3ccccc34)nc(-c3cccc4oc5ccc(-c6c(-c7ccccc7)ccc7oc8ccccc8c67)cc5c34)n2)cc1. The molecule has 4 heterocycles. The van der Waals surface area contributed by atoms with Gasteiger partial charge in [0.05, 0.1) is 5.56 Å². The minimum absolute atomic E-state index is 0.528. The molecule has 0 aliphatic rings. The molecule has 0 unspecified atom stereocenters. The van der Waals surface area contributed by atoms with Crippen LogP contribution in [0.5, 0.6) is 0 Å². The molecule has 12 rings (SSSR count). The van der Waals surface area contributed by atoms with Crippen LogP contribution in [-0.2, 0) is 0 Å². The van der Waals surface area contributed by atoms with Crippen molar-refractivity contribution in [2.75, 3.05) is 0 Å². The summed E-state index contributed by atoms with van der Waals surface area (Å²) in [5.41, 5.74) is 11.7. The fourth-order valence-corrected chi connectivity index (χ4v) is 8.40. The molecule has 0 N–H and O–H groups in total. The molecule has 0 spiro atoms. The smallest absolute Gasteiger partial charge is 0.167 e. The molecule has 0 atom stereocenters. The maximum atomic E-state index is 6.58. The zero-order valence-electron chi connectivity index (χ0n) is 30.3. The number of nitrogens with zero attached hydrogens (tertiary/aromatic N) is 3. The van der Waals surface area contributed by atoms with E-state index in [9.17, 15) is 0 Å². The first-order valence-corrected chi connectivity index (χ1v) is 18.9.